The van der Waals surface area contributed by atoms with Crippen molar-refractivity contribution in [2.45, 2.75) is 32.9 Å². The summed E-state index contributed by atoms with van der Waals surface area (Å²) >= 11 is 0. The molecule has 1 atom stereocenters. The number of likely N-dealkylation sites (N-methyl/N-ethyl adjacent to an activating group) is 1. The minimum Gasteiger partial charge on any atom is -0.497 e. The largest absolute Gasteiger partial charge is 0.497 e. The molecule has 16 heteroatoms. The van der Waals surface area contributed by atoms with Gasteiger partial charge in [0.05, 0.1) is 37.1 Å². The maximum absolute atomic E-state index is 15.2. The van der Waals surface area contributed by atoms with Crippen LogP contribution in [-0.4, -0.2) is 75.2 Å². The average Bonchev–Trinajstić information content (AvgIpc) is 3.33. The van der Waals surface area contributed by atoms with E-state index in [-0.39, 0.29) is 30.1 Å². The van der Waals surface area contributed by atoms with E-state index in [0.717, 1.165) is 6.07 Å². The van der Waals surface area contributed by atoms with Gasteiger partial charge in [0, 0.05) is 29.4 Å². The second-order valence-electron chi connectivity index (χ2n) is 11.2. The lowest BCUT2D eigenvalue weighted by atomic mass is 10.2. The van der Waals surface area contributed by atoms with Crippen molar-refractivity contribution in [3.8, 4) is 22.9 Å². The van der Waals surface area contributed by atoms with E-state index in [9.17, 15) is 24.0 Å². The van der Waals surface area contributed by atoms with Gasteiger partial charge in [-0.1, -0.05) is 18.2 Å². The fraction of sp³-hybridized carbons (Fsp3) is 0.222. The Bertz CT molecular complexity index is 2140. The Morgan fingerprint density at radius 2 is 1.67 bits per heavy atom. The van der Waals surface area contributed by atoms with Gasteiger partial charge in [0.2, 0.25) is 0 Å². The molecule has 0 aliphatic carbocycles. The lowest BCUT2D eigenvalue weighted by Gasteiger charge is -2.18. The van der Waals surface area contributed by atoms with Crippen LogP contribution < -0.4 is 25.7 Å². The number of hydrogen-bond acceptors (Lipinski definition) is 10. The number of carbonyl (C=O) groups excluding carboxylic acids is 2. The molecule has 1 amide bonds. The summed E-state index contributed by atoms with van der Waals surface area (Å²) in [4.78, 5) is 62.4. The van der Waals surface area contributed by atoms with E-state index in [1.54, 1.807) is 93.5 Å². The Morgan fingerprint density at radius 1 is 0.962 bits per heavy atom. The van der Waals surface area contributed by atoms with Gasteiger partial charge in [0.25, 0.3) is 11.5 Å². The molecule has 3 aromatic carbocycles. The highest BCUT2D eigenvalue weighted by molar-refractivity contribution is 6.05. The lowest BCUT2D eigenvalue weighted by Crippen LogP contribution is -2.30. The number of nitrogens with one attached hydrogen (secondary N) is 2. The molecule has 272 valence electrons. The van der Waals surface area contributed by atoms with Crippen LogP contribution in [0.1, 0.15) is 29.4 Å². The second-order valence-corrected chi connectivity index (χ2v) is 11.2. The SMILES string of the molecule is CNCC(=O)O[C@H](C)Cn1c(C)c(C(=O)Nc2ccc(Oc3ccnc4cc(OC)ccc34)c(F)c2)c(=O)n1-c1ccccc1.O=C(O)CC(=O)O. The number of halogens is 1. The summed E-state index contributed by atoms with van der Waals surface area (Å²) in [5, 5.41) is 21.4. The molecular formula is C36H36FN5O10. The molecule has 0 fully saturated rings. The van der Waals surface area contributed by atoms with Crippen molar-refractivity contribution in [2.24, 2.45) is 0 Å². The van der Waals surface area contributed by atoms with Gasteiger partial charge in [-0.2, -0.15) is 0 Å². The molecule has 2 heterocycles. The number of rotatable bonds is 13. The summed E-state index contributed by atoms with van der Waals surface area (Å²) < 4.78 is 34.7. The van der Waals surface area contributed by atoms with Crippen molar-refractivity contribution in [1.29, 1.82) is 0 Å². The number of carbonyl (C=O) groups is 4. The van der Waals surface area contributed by atoms with Crippen molar-refractivity contribution < 1.29 is 48.0 Å². The number of methoxy groups -OCH3 is 1. The van der Waals surface area contributed by atoms with Crippen LogP contribution in [0.5, 0.6) is 17.2 Å². The zero-order valence-corrected chi connectivity index (χ0v) is 28.6. The molecule has 5 aromatic rings. The van der Waals surface area contributed by atoms with E-state index in [2.05, 4.69) is 15.6 Å². The normalized spacial score (nSPS) is 11.2. The predicted octanol–water partition coefficient (Wildman–Crippen LogP) is 4.38. The highest BCUT2D eigenvalue weighted by atomic mass is 19.1. The Balaban J connectivity index is 0.000000785. The topological polar surface area (TPSA) is 200 Å². The first-order valence-electron chi connectivity index (χ1n) is 15.7. The minimum absolute atomic E-state index is 0.0307. The molecular weight excluding hydrogens is 681 g/mol. The van der Waals surface area contributed by atoms with E-state index >= 15 is 4.39 Å². The number of esters is 1. The van der Waals surface area contributed by atoms with Crippen LogP contribution in [0.4, 0.5) is 10.1 Å². The predicted molar refractivity (Wildman–Crippen MR) is 187 cm³/mol. The number of hydrogen-bond donors (Lipinski definition) is 4. The quantitative estimate of drug-likeness (QED) is 0.0991. The number of carboxylic acids is 2. The van der Waals surface area contributed by atoms with Gasteiger partial charge in [-0.05, 0) is 63.4 Å². The smallest absolute Gasteiger partial charge is 0.320 e. The highest BCUT2D eigenvalue weighted by Crippen LogP contribution is 2.33. The number of pyridine rings is 1. The van der Waals surface area contributed by atoms with E-state index in [4.69, 9.17) is 24.4 Å². The van der Waals surface area contributed by atoms with Crippen molar-refractivity contribution in [3.63, 3.8) is 0 Å². The van der Waals surface area contributed by atoms with Crippen LogP contribution in [0, 0.1) is 12.7 Å². The molecule has 0 unspecified atom stereocenters. The molecule has 4 N–H and O–H groups in total. The fourth-order valence-corrected chi connectivity index (χ4v) is 5.07. The lowest BCUT2D eigenvalue weighted by molar-refractivity contribution is -0.148. The number of ether oxygens (including phenoxy) is 3. The van der Waals surface area contributed by atoms with Gasteiger partial charge in [-0.25, -0.2) is 9.07 Å². The molecule has 0 spiro atoms. The first kappa shape index (κ1) is 38.3. The zero-order valence-electron chi connectivity index (χ0n) is 28.6. The average molecular weight is 718 g/mol. The summed E-state index contributed by atoms with van der Waals surface area (Å²) in [6, 6.07) is 19.7. The van der Waals surface area contributed by atoms with Crippen LogP contribution >= 0.6 is 0 Å². The number of carboxylic acid groups (broad SMARTS) is 2. The number of aromatic nitrogens is 3. The van der Waals surface area contributed by atoms with Crippen LogP contribution in [-0.2, 0) is 25.7 Å². The Hall–Kier alpha value is -6.55. The van der Waals surface area contributed by atoms with Crippen LogP contribution in [0.15, 0.2) is 83.8 Å². The number of anilines is 1. The maximum Gasteiger partial charge on any atom is 0.320 e. The van der Waals surface area contributed by atoms with E-state index in [0.29, 0.717) is 33.8 Å². The van der Waals surface area contributed by atoms with Crippen LogP contribution in [0.2, 0.25) is 0 Å². The Kier molecular flexibility index (Phi) is 12.8. The molecule has 0 saturated carbocycles. The van der Waals surface area contributed by atoms with Crippen molar-refractivity contribution in [2.75, 3.05) is 26.0 Å². The van der Waals surface area contributed by atoms with Gasteiger partial charge in [-0.3, -0.25) is 33.6 Å². The molecule has 0 radical (unpaired) electrons. The summed E-state index contributed by atoms with van der Waals surface area (Å²) in [7, 11) is 3.19. The third kappa shape index (κ3) is 9.57. The third-order valence-electron chi connectivity index (χ3n) is 7.33. The molecule has 15 nitrogen and oxygen atoms in total. The first-order chi connectivity index (χ1) is 24.8. The number of benzene rings is 3. The van der Waals surface area contributed by atoms with E-state index in [1.165, 1.54) is 16.8 Å². The number of fused-ring (bicyclic) bond motifs is 1. The fourth-order valence-electron chi connectivity index (χ4n) is 5.07. The standard InChI is InChI=1S/C33H32FN5O6.C3H4O4/c1-20(44-30(40)18-35-3)19-38-21(2)31(33(42)39(38)23-8-6-5-7-9-23)32(41)37-22-10-13-29(26(34)16-22)45-28-14-15-36-27-17-24(43-4)11-12-25(27)28;4-2(5)1-3(6)7/h5-17,20,35H,18-19H2,1-4H3,(H,37,41);1H2,(H,4,5)(H,6,7)/t20-;/m1./s1. The Morgan fingerprint density at radius 3 is 2.29 bits per heavy atom. The minimum atomic E-state index is -1.31. The number of nitrogens with zero attached hydrogens (tertiary/aromatic N) is 3. The summed E-state index contributed by atoms with van der Waals surface area (Å²) in [5.41, 5.74) is 0.901. The van der Waals surface area contributed by atoms with Crippen molar-refractivity contribution >= 4 is 40.4 Å². The monoisotopic (exact) mass is 717 g/mol. The number of amides is 1. The summed E-state index contributed by atoms with van der Waals surface area (Å²) in [6.07, 6.45) is 0.136. The summed E-state index contributed by atoms with van der Waals surface area (Å²) in [5.74, 6) is -3.56. The second kappa shape index (κ2) is 17.4. The maximum atomic E-state index is 15.2. The number of aliphatic carboxylic acids is 2. The van der Waals surface area contributed by atoms with Gasteiger partial charge >= 0.3 is 17.9 Å². The Labute approximate surface area is 296 Å². The molecule has 52 heavy (non-hydrogen) atoms. The molecule has 0 aliphatic rings. The van der Waals surface area contributed by atoms with Gasteiger partial charge in [-0.15, -0.1) is 0 Å². The zero-order chi connectivity index (χ0) is 37.9. The first-order valence-corrected chi connectivity index (χ1v) is 15.7. The summed E-state index contributed by atoms with van der Waals surface area (Å²) in [6.45, 7) is 3.47. The van der Waals surface area contributed by atoms with Gasteiger partial charge in [0.15, 0.2) is 11.6 Å². The third-order valence-corrected chi connectivity index (χ3v) is 7.33. The molecule has 2 aromatic heterocycles. The van der Waals surface area contributed by atoms with E-state index < -0.39 is 47.7 Å². The van der Waals surface area contributed by atoms with Crippen LogP contribution in [0.3, 0.4) is 0 Å². The van der Waals surface area contributed by atoms with Crippen LogP contribution in [0.25, 0.3) is 16.6 Å². The molecule has 5 rings (SSSR count). The molecule has 0 bridgehead atoms. The van der Waals surface area contributed by atoms with Crippen molar-refractivity contribution in [1.82, 2.24) is 19.7 Å². The molecule has 0 aliphatic heterocycles. The molecule has 0 saturated heterocycles. The van der Waals surface area contributed by atoms with Crippen molar-refractivity contribution in [3.05, 3.63) is 106 Å². The van der Waals surface area contributed by atoms with Gasteiger partial charge < -0.3 is 35.1 Å². The number of para-hydroxylation sites is 1. The highest BCUT2D eigenvalue weighted by Gasteiger charge is 2.26. The van der Waals surface area contributed by atoms with Gasteiger partial charge in [0.1, 0.15) is 29.6 Å². The van der Waals surface area contributed by atoms with E-state index in [1.807, 2.05) is 0 Å².